The standard InChI is InChI=1S/C14H15FN2O3/c1-2-8-7-17(3-4-20-8)12-6-11-9(5-10(12)15)13(18)14(19)16-11/h5-6,8H,2-4,7H2,1H3,(H,16,18,19). The summed E-state index contributed by atoms with van der Waals surface area (Å²) >= 11 is 0. The third-order valence-corrected chi connectivity index (χ3v) is 3.72. The predicted molar refractivity (Wildman–Crippen MR) is 71.6 cm³/mol. The van der Waals surface area contributed by atoms with E-state index in [0.29, 0.717) is 31.1 Å². The average Bonchev–Trinajstić information content (AvgIpc) is 2.73. The Morgan fingerprint density at radius 1 is 1.45 bits per heavy atom. The summed E-state index contributed by atoms with van der Waals surface area (Å²) in [5, 5.41) is 2.47. The highest BCUT2D eigenvalue weighted by molar-refractivity contribution is 6.51. The molecule has 0 saturated carbocycles. The number of carbonyl (C=O) groups excluding carboxylic acids is 2. The van der Waals surface area contributed by atoms with Crippen molar-refractivity contribution >= 4 is 23.1 Å². The molecule has 2 aliphatic heterocycles. The van der Waals surface area contributed by atoms with E-state index in [1.54, 1.807) is 0 Å². The number of nitrogens with one attached hydrogen (secondary N) is 1. The summed E-state index contributed by atoms with van der Waals surface area (Å²) in [4.78, 5) is 24.7. The van der Waals surface area contributed by atoms with E-state index in [1.165, 1.54) is 6.07 Å². The zero-order valence-corrected chi connectivity index (χ0v) is 11.1. The Labute approximate surface area is 115 Å². The number of hydrogen-bond donors (Lipinski definition) is 1. The number of rotatable bonds is 2. The molecule has 0 spiro atoms. The van der Waals surface area contributed by atoms with E-state index in [4.69, 9.17) is 4.74 Å². The molecular formula is C14H15FN2O3. The molecule has 1 N–H and O–H groups in total. The molecule has 1 amide bonds. The molecule has 1 aromatic rings. The van der Waals surface area contributed by atoms with Crippen LogP contribution in [0.3, 0.4) is 0 Å². The van der Waals surface area contributed by atoms with E-state index in [1.807, 2.05) is 11.8 Å². The monoisotopic (exact) mass is 278 g/mol. The fraction of sp³-hybridized carbons (Fsp3) is 0.429. The van der Waals surface area contributed by atoms with E-state index in [9.17, 15) is 14.0 Å². The number of carbonyl (C=O) groups is 2. The zero-order chi connectivity index (χ0) is 14.3. The van der Waals surface area contributed by atoms with Gasteiger partial charge in [-0.2, -0.15) is 0 Å². The Balaban J connectivity index is 1.93. The maximum absolute atomic E-state index is 14.2. The fourth-order valence-electron chi connectivity index (χ4n) is 2.58. The molecule has 0 bridgehead atoms. The lowest BCUT2D eigenvalue weighted by Gasteiger charge is -2.34. The Morgan fingerprint density at radius 2 is 2.25 bits per heavy atom. The molecule has 2 aliphatic rings. The highest BCUT2D eigenvalue weighted by atomic mass is 19.1. The van der Waals surface area contributed by atoms with Crippen molar-refractivity contribution in [3.8, 4) is 0 Å². The van der Waals surface area contributed by atoms with Gasteiger partial charge in [-0.25, -0.2) is 4.39 Å². The minimum atomic E-state index is -0.704. The van der Waals surface area contributed by atoms with Gasteiger partial charge in [-0.05, 0) is 18.6 Å². The van der Waals surface area contributed by atoms with Crippen LogP contribution in [0, 0.1) is 5.82 Å². The molecule has 5 nitrogen and oxygen atoms in total. The lowest BCUT2D eigenvalue weighted by Crippen LogP contribution is -2.42. The Hall–Kier alpha value is -1.95. The van der Waals surface area contributed by atoms with Crippen LogP contribution in [0.25, 0.3) is 0 Å². The second-order valence-electron chi connectivity index (χ2n) is 4.98. The van der Waals surface area contributed by atoms with Crippen LogP contribution in [-0.4, -0.2) is 37.5 Å². The third-order valence-electron chi connectivity index (χ3n) is 3.72. The quantitative estimate of drug-likeness (QED) is 0.834. The first-order valence-electron chi connectivity index (χ1n) is 6.66. The summed E-state index contributed by atoms with van der Waals surface area (Å²) in [6.07, 6.45) is 0.936. The van der Waals surface area contributed by atoms with Crippen LogP contribution >= 0.6 is 0 Å². The van der Waals surface area contributed by atoms with Crippen LogP contribution in [0.1, 0.15) is 23.7 Å². The number of ketones is 1. The summed E-state index contributed by atoms with van der Waals surface area (Å²) in [6, 6.07) is 2.67. The van der Waals surface area contributed by atoms with Crippen molar-refractivity contribution < 1.29 is 18.7 Å². The molecule has 0 aromatic heterocycles. The van der Waals surface area contributed by atoms with Gasteiger partial charge in [-0.1, -0.05) is 6.92 Å². The molecule has 3 rings (SSSR count). The molecule has 1 saturated heterocycles. The Bertz CT molecular complexity index is 588. The summed E-state index contributed by atoms with van der Waals surface area (Å²) in [5.41, 5.74) is 0.896. The van der Waals surface area contributed by atoms with Gasteiger partial charge in [0, 0.05) is 13.1 Å². The first-order chi connectivity index (χ1) is 9.60. The fourth-order valence-corrected chi connectivity index (χ4v) is 2.58. The highest BCUT2D eigenvalue weighted by Gasteiger charge is 2.31. The number of halogens is 1. The van der Waals surface area contributed by atoms with Gasteiger partial charge in [0.25, 0.3) is 11.7 Å². The molecule has 0 radical (unpaired) electrons. The van der Waals surface area contributed by atoms with Crippen molar-refractivity contribution in [1.29, 1.82) is 0 Å². The summed E-state index contributed by atoms with van der Waals surface area (Å²) in [5.74, 6) is -1.87. The minimum Gasteiger partial charge on any atom is -0.375 e. The first-order valence-corrected chi connectivity index (χ1v) is 6.66. The molecule has 2 heterocycles. The molecule has 106 valence electrons. The van der Waals surface area contributed by atoms with Crippen LogP contribution < -0.4 is 10.2 Å². The number of morpholine rings is 1. The molecule has 1 unspecified atom stereocenters. The number of Topliss-reactive ketones (excluding diaryl/α,β-unsaturated/α-hetero) is 1. The van der Waals surface area contributed by atoms with E-state index in [0.717, 1.165) is 12.5 Å². The number of amides is 1. The van der Waals surface area contributed by atoms with Crippen LogP contribution in [0.2, 0.25) is 0 Å². The molecule has 1 fully saturated rings. The van der Waals surface area contributed by atoms with Gasteiger partial charge in [-0.15, -0.1) is 0 Å². The average molecular weight is 278 g/mol. The maximum Gasteiger partial charge on any atom is 0.296 e. The van der Waals surface area contributed by atoms with Gasteiger partial charge in [0.1, 0.15) is 5.82 Å². The largest absolute Gasteiger partial charge is 0.375 e. The molecule has 1 atom stereocenters. The van der Waals surface area contributed by atoms with Crippen LogP contribution in [0.5, 0.6) is 0 Å². The normalized spacial score (nSPS) is 21.9. The summed E-state index contributed by atoms with van der Waals surface area (Å²) in [7, 11) is 0. The van der Waals surface area contributed by atoms with Crippen molar-refractivity contribution in [1.82, 2.24) is 0 Å². The first kappa shape index (κ1) is 13.1. The Kier molecular flexibility index (Phi) is 3.17. The van der Waals surface area contributed by atoms with Gasteiger partial charge in [-0.3, -0.25) is 9.59 Å². The number of anilines is 2. The van der Waals surface area contributed by atoms with Crippen LogP contribution in [0.4, 0.5) is 15.8 Å². The second-order valence-corrected chi connectivity index (χ2v) is 4.98. The highest BCUT2D eigenvalue weighted by Crippen LogP contribution is 2.32. The lowest BCUT2D eigenvalue weighted by atomic mass is 10.1. The van der Waals surface area contributed by atoms with E-state index < -0.39 is 17.5 Å². The maximum atomic E-state index is 14.2. The SMILES string of the molecule is CCC1CN(c2cc3c(cc2F)C(=O)C(=O)N3)CCO1. The third kappa shape index (κ3) is 2.06. The van der Waals surface area contributed by atoms with Crippen LogP contribution in [-0.2, 0) is 9.53 Å². The lowest BCUT2D eigenvalue weighted by molar-refractivity contribution is -0.112. The summed E-state index contributed by atoms with van der Waals surface area (Å²) in [6.45, 7) is 3.76. The van der Waals surface area contributed by atoms with Crippen molar-refractivity contribution in [2.75, 3.05) is 29.9 Å². The smallest absolute Gasteiger partial charge is 0.296 e. The van der Waals surface area contributed by atoms with Gasteiger partial charge in [0.2, 0.25) is 0 Å². The number of hydrogen-bond acceptors (Lipinski definition) is 4. The van der Waals surface area contributed by atoms with Crippen LogP contribution in [0.15, 0.2) is 12.1 Å². The van der Waals surface area contributed by atoms with Crippen molar-refractivity contribution in [3.05, 3.63) is 23.5 Å². The summed E-state index contributed by atoms with van der Waals surface area (Å²) < 4.78 is 19.7. The zero-order valence-electron chi connectivity index (χ0n) is 11.1. The Morgan fingerprint density at radius 3 is 3.00 bits per heavy atom. The predicted octanol–water partition coefficient (Wildman–Crippen LogP) is 1.58. The molecular weight excluding hydrogens is 263 g/mol. The van der Waals surface area contributed by atoms with E-state index >= 15 is 0 Å². The van der Waals surface area contributed by atoms with Crippen molar-refractivity contribution in [2.45, 2.75) is 19.4 Å². The second kappa shape index (κ2) is 4.86. The van der Waals surface area contributed by atoms with E-state index in [2.05, 4.69) is 5.32 Å². The van der Waals surface area contributed by atoms with Crippen molar-refractivity contribution in [2.24, 2.45) is 0 Å². The minimum absolute atomic E-state index is 0.0765. The van der Waals surface area contributed by atoms with E-state index in [-0.39, 0.29) is 11.7 Å². The number of fused-ring (bicyclic) bond motifs is 1. The number of ether oxygens (including phenoxy) is 1. The van der Waals surface area contributed by atoms with Gasteiger partial charge in [0.15, 0.2) is 0 Å². The number of nitrogens with zero attached hydrogens (tertiary/aromatic N) is 1. The van der Waals surface area contributed by atoms with Gasteiger partial charge < -0.3 is 15.0 Å². The van der Waals surface area contributed by atoms with Gasteiger partial charge >= 0.3 is 0 Å². The van der Waals surface area contributed by atoms with Crippen molar-refractivity contribution in [3.63, 3.8) is 0 Å². The molecule has 1 aromatic carbocycles. The number of benzene rings is 1. The molecule has 6 heteroatoms. The van der Waals surface area contributed by atoms with Gasteiger partial charge in [0.05, 0.1) is 29.6 Å². The topological polar surface area (TPSA) is 58.6 Å². The molecule has 0 aliphatic carbocycles. The molecule has 20 heavy (non-hydrogen) atoms.